The topological polar surface area (TPSA) is 21.6 Å². The van der Waals surface area contributed by atoms with Gasteiger partial charge in [0, 0.05) is 18.7 Å². The second kappa shape index (κ2) is 3.01. The summed E-state index contributed by atoms with van der Waals surface area (Å²) in [7, 11) is 0. The highest BCUT2D eigenvalue weighted by Crippen LogP contribution is 2.31. The molecule has 2 nitrogen and oxygen atoms in total. The Morgan fingerprint density at radius 1 is 1.29 bits per heavy atom. The third kappa shape index (κ3) is 1.86. The lowest BCUT2D eigenvalue weighted by Gasteiger charge is -2.09. The summed E-state index contributed by atoms with van der Waals surface area (Å²) in [5.74, 6) is -0.227. The van der Waals surface area contributed by atoms with Crippen LogP contribution in [0.2, 0.25) is 0 Å². The van der Waals surface area contributed by atoms with Gasteiger partial charge in [0.05, 0.1) is 5.69 Å². The summed E-state index contributed by atoms with van der Waals surface area (Å²) < 4.78 is 39.3. The van der Waals surface area contributed by atoms with Gasteiger partial charge in [-0.1, -0.05) is 6.07 Å². The van der Waals surface area contributed by atoms with Gasteiger partial charge in [-0.2, -0.15) is 0 Å². The highest BCUT2D eigenvalue weighted by atomic mass is 19.4. The summed E-state index contributed by atoms with van der Waals surface area (Å²) in [4.78, 5) is 3.92. The van der Waals surface area contributed by atoms with E-state index in [1.807, 2.05) is 0 Å². The van der Waals surface area contributed by atoms with Crippen LogP contribution in [0.15, 0.2) is 23.2 Å². The molecule has 0 saturated heterocycles. The zero-order valence-corrected chi connectivity index (χ0v) is 7.01. The first-order chi connectivity index (χ1) is 6.54. The summed E-state index contributed by atoms with van der Waals surface area (Å²) >= 11 is 0. The van der Waals surface area contributed by atoms with Gasteiger partial charge in [-0.05, 0) is 11.6 Å². The average molecular weight is 201 g/mol. The van der Waals surface area contributed by atoms with Crippen LogP contribution in [-0.4, -0.2) is 12.6 Å². The predicted octanol–water partition coefficient (Wildman–Crippen LogP) is 2.84. The molecule has 1 heterocycles. The Labute approximate surface area is 78.0 Å². The third-order valence-electron chi connectivity index (χ3n) is 1.83. The number of nitrogens with zero attached hydrogens (tertiary/aromatic N) is 1. The smallest absolute Gasteiger partial charge is 0.406 e. The number of aliphatic imine (C=N–C) groups is 1. The Balaban J connectivity index is 2.25. The number of ether oxygens (including phenoxy) is 1. The number of benzene rings is 1. The van der Waals surface area contributed by atoms with Gasteiger partial charge in [0.15, 0.2) is 0 Å². The van der Waals surface area contributed by atoms with E-state index in [-0.39, 0.29) is 5.75 Å². The van der Waals surface area contributed by atoms with Crippen molar-refractivity contribution in [3.05, 3.63) is 23.8 Å². The van der Waals surface area contributed by atoms with Crippen LogP contribution in [0.3, 0.4) is 0 Å². The largest absolute Gasteiger partial charge is 0.573 e. The molecule has 0 radical (unpaired) electrons. The molecule has 5 heteroatoms. The van der Waals surface area contributed by atoms with E-state index in [0.29, 0.717) is 12.1 Å². The van der Waals surface area contributed by atoms with Crippen molar-refractivity contribution < 1.29 is 17.9 Å². The van der Waals surface area contributed by atoms with Crippen molar-refractivity contribution in [1.82, 2.24) is 0 Å². The third-order valence-corrected chi connectivity index (χ3v) is 1.83. The second-order valence-corrected chi connectivity index (χ2v) is 2.85. The SMILES string of the molecule is FC(F)(F)Oc1ccc2c(c1)N=CC2. The van der Waals surface area contributed by atoms with Crippen LogP contribution in [0.1, 0.15) is 5.56 Å². The minimum Gasteiger partial charge on any atom is -0.406 e. The minimum atomic E-state index is -4.64. The van der Waals surface area contributed by atoms with Crippen molar-refractivity contribution in [2.45, 2.75) is 12.8 Å². The molecule has 1 aromatic carbocycles. The lowest BCUT2D eigenvalue weighted by molar-refractivity contribution is -0.274. The summed E-state index contributed by atoms with van der Waals surface area (Å²) in [5.41, 5.74) is 1.46. The van der Waals surface area contributed by atoms with Gasteiger partial charge in [-0.15, -0.1) is 13.2 Å². The quantitative estimate of drug-likeness (QED) is 0.684. The summed E-state index contributed by atoms with van der Waals surface area (Å²) in [6.07, 6.45) is -2.32. The number of alkyl halides is 3. The first kappa shape index (κ1) is 9.05. The van der Waals surface area contributed by atoms with Crippen molar-refractivity contribution in [2.24, 2.45) is 4.99 Å². The Bertz CT molecular complexity index is 384. The molecule has 0 atom stereocenters. The van der Waals surface area contributed by atoms with Crippen molar-refractivity contribution in [3.8, 4) is 5.75 Å². The first-order valence-electron chi connectivity index (χ1n) is 3.96. The zero-order chi connectivity index (χ0) is 10.2. The molecule has 0 aromatic heterocycles. The number of fused-ring (bicyclic) bond motifs is 1. The van der Waals surface area contributed by atoms with Crippen LogP contribution in [-0.2, 0) is 6.42 Å². The molecule has 0 saturated carbocycles. The predicted molar refractivity (Wildman–Crippen MR) is 45.0 cm³/mol. The van der Waals surface area contributed by atoms with E-state index in [2.05, 4.69) is 9.73 Å². The maximum Gasteiger partial charge on any atom is 0.573 e. The van der Waals surface area contributed by atoms with Crippen LogP contribution >= 0.6 is 0 Å². The fraction of sp³-hybridized carbons (Fsp3) is 0.222. The summed E-state index contributed by atoms with van der Waals surface area (Å²) in [6.45, 7) is 0. The van der Waals surface area contributed by atoms with E-state index >= 15 is 0 Å². The summed E-state index contributed by atoms with van der Waals surface area (Å²) in [5, 5.41) is 0. The van der Waals surface area contributed by atoms with Gasteiger partial charge in [-0.3, -0.25) is 4.99 Å². The number of halogens is 3. The molecule has 0 bridgehead atoms. The normalized spacial score (nSPS) is 14.2. The molecule has 1 aliphatic rings. The minimum absolute atomic E-state index is 0.227. The maximum absolute atomic E-state index is 11.8. The average Bonchev–Trinajstić information content (AvgIpc) is 2.47. The van der Waals surface area contributed by atoms with Crippen molar-refractivity contribution in [3.63, 3.8) is 0 Å². The fourth-order valence-electron chi connectivity index (χ4n) is 1.28. The molecular formula is C9H6F3NO. The van der Waals surface area contributed by atoms with Crippen LogP contribution in [0.25, 0.3) is 0 Å². The van der Waals surface area contributed by atoms with Gasteiger partial charge < -0.3 is 4.74 Å². The molecule has 0 unspecified atom stereocenters. The van der Waals surface area contributed by atoms with Crippen LogP contribution < -0.4 is 4.74 Å². The van der Waals surface area contributed by atoms with E-state index in [4.69, 9.17) is 0 Å². The molecule has 74 valence electrons. The highest BCUT2D eigenvalue weighted by molar-refractivity contribution is 5.76. The van der Waals surface area contributed by atoms with Crippen LogP contribution in [0.4, 0.5) is 18.9 Å². The lowest BCUT2D eigenvalue weighted by atomic mass is 10.1. The van der Waals surface area contributed by atoms with E-state index in [0.717, 1.165) is 5.56 Å². The monoisotopic (exact) mass is 201 g/mol. The van der Waals surface area contributed by atoms with Crippen LogP contribution in [0.5, 0.6) is 5.75 Å². The molecule has 14 heavy (non-hydrogen) atoms. The molecule has 1 aromatic rings. The Kier molecular flexibility index (Phi) is 1.94. The van der Waals surface area contributed by atoms with Gasteiger partial charge >= 0.3 is 6.36 Å². The molecular weight excluding hydrogens is 195 g/mol. The Hall–Kier alpha value is -1.52. The molecule has 0 spiro atoms. The van der Waals surface area contributed by atoms with Gasteiger partial charge in [0.25, 0.3) is 0 Å². The molecule has 0 N–H and O–H groups in total. The maximum atomic E-state index is 11.8. The summed E-state index contributed by atoms with van der Waals surface area (Å²) in [6, 6.07) is 4.16. The molecule has 2 rings (SSSR count). The first-order valence-corrected chi connectivity index (χ1v) is 3.96. The van der Waals surface area contributed by atoms with E-state index in [1.54, 1.807) is 12.3 Å². The fourth-order valence-corrected chi connectivity index (χ4v) is 1.28. The number of hydrogen-bond acceptors (Lipinski definition) is 2. The standard InChI is InChI=1S/C9H6F3NO/c10-9(11,12)14-7-2-1-6-3-4-13-8(6)5-7/h1-2,4-5H,3H2. The second-order valence-electron chi connectivity index (χ2n) is 2.85. The van der Waals surface area contributed by atoms with Crippen molar-refractivity contribution in [1.29, 1.82) is 0 Å². The van der Waals surface area contributed by atoms with Crippen molar-refractivity contribution in [2.75, 3.05) is 0 Å². The number of hydrogen-bond donors (Lipinski definition) is 0. The highest BCUT2D eigenvalue weighted by Gasteiger charge is 2.31. The Morgan fingerprint density at radius 2 is 2.07 bits per heavy atom. The van der Waals surface area contributed by atoms with Crippen LogP contribution in [0, 0.1) is 0 Å². The Morgan fingerprint density at radius 3 is 2.79 bits per heavy atom. The van der Waals surface area contributed by atoms with E-state index < -0.39 is 6.36 Å². The van der Waals surface area contributed by atoms with E-state index in [9.17, 15) is 13.2 Å². The molecule has 0 fully saturated rings. The molecule has 0 aliphatic carbocycles. The van der Waals surface area contributed by atoms with Gasteiger partial charge in [0.1, 0.15) is 5.75 Å². The lowest BCUT2D eigenvalue weighted by Crippen LogP contribution is -2.16. The molecule has 1 aliphatic heterocycles. The van der Waals surface area contributed by atoms with Gasteiger partial charge in [0.2, 0.25) is 0 Å². The van der Waals surface area contributed by atoms with Gasteiger partial charge in [-0.25, -0.2) is 0 Å². The zero-order valence-electron chi connectivity index (χ0n) is 7.01. The molecule has 0 amide bonds. The van der Waals surface area contributed by atoms with E-state index in [1.165, 1.54) is 12.1 Å². The van der Waals surface area contributed by atoms with Crippen molar-refractivity contribution >= 4 is 11.9 Å². The number of rotatable bonds is 1.